The average molecular weight is 126 g/mol. The summed E-state index contributed by atoms with van der Waals surface area (Å²) >= 11 is 0. The first kappa shape index (κ1) is 7.28. The van der Waals surface area contributed by atoms with Crippen LogP contribution in [0.5, 0.6) is 0 Å². The first-order chi connectivity index (χ1) is 3.62. The molecule has 4 heteroatoms. The van der Waals surface area contributed by atoms with Gasteiger partial charge < -0.3 is 0 Å². The minimum Gasteiger partial charge on any atom is -0.243 e. The maximum absolute atomic E-state index is 11.4. The fourth-order valence-electron chi connectivity index (χ4n) is 0.103. The van der Waals surface area contributed by atoms with Gasteiger partial charge in [-0.3, -0.25) is 0 Å². The number of hydrogen-bond acceptors (Lipinski definition) is 0. The lowest BCUT2D eigenvalue weighted by Crippen LogP contribution is -2.14. The summed E-state index contributed by atoms with van der Waals surface area (Å²) < 4.78 is 44.3. The van der Waals surface area contributed by atoms with Crippen LogP contribution in [0.4, 0.5) is 17.6 Å². The van der Waals surface area contributed by atoms with Crippen molar-refractivity contribution in [1.82, 2.24) is 0 Å². The number of rotatable bonds is 1. The van der Waals surface area contributed by atoms with E-state index in [4.69, 9.17) is 0 Å². The second kappa shape index (κ2) is 2.55. The molecule has 0 radical (unpaired) electrons. The van der Waals surface area contributed by atoms with E-state index in [1.54, 1.807) is 0 Å². The van der Waals surface area contributed by atoms with Gasteiger partial charge in [-0.15, -0.1) is 4.39 Å². The molecule has 0 aromatic carbocycles. The fraction of sp³-hybridized carbons (Fsp3) is 0.500. The summed E-state index contributed by atoms with van der Waals surface area (Å²) in [6, 6.07) is 0. The highest BCUT2D eigenvalue weighted by Crippen LogP contribution is 2.10. The third-order valence-corrected chi connectivity index (χ3v) is 0.398. The molecule has 0 aromatic rings. The first-order valence-electron chi connectivity index (χ1n) is 1.69. The molecule has 46 valence electrons. The van der Waals surface area contributed by atoms with E-state index in [-0.39, 0.29) is 0 Å². The van der Waals surface area contributed by atoms with E-state index in [1.807, 2.05) is 0 Å². The molecule has 8 heavy (non-hydrogen) atoms. The molecule has 0 aliphatic heterocycles. The van der Waals surface area contributed by atoms with Crippen molar-refractivity contribution in [3.8, 4) is 12.1 Å². The summed E-state index contributed by atoms with van der Waals surface area (Å²) in [4.78, 5) is 0. The summed E-state index contributed by atoms with van der Waals surface area (Å²) in [5.74, 6) is -3.06. The summed E-state index contributed by atoms with van der Waals surface area (Å²) in [5.41, 5.74) is 0. The molecule has 0 fully saturated rings. The lowest BCUT2D eigenvalue weighted by molar-refractivity contribution is 0.0375. The topological polar surface area (TPSA) is 0 Å². The molecule has 0 heterocycles. The predicted octanol–water partition coefficient (Wildman–Crippen LogP) is 1.52. The Hall–Kier alpha value is -0.720. The molecule has 0 atom stereocenters. The van der Waals surface area contributed by atoms with Crippen LogP contribution in [-0.2, 0) is 0 Å². The highest BCUT2D eigenvalue weighted by atomic mass is 19.3. The van der Waals surface area contributed by atoms with Crippen LogP contribution in [-0.4, -0.2) is 12.6 Å². The Morgan fingerprint density at radius 2 is 1.88 bits per heavy atom. The largest absolute Gasteiger partial charge is 0.338 e. The lowest BCUT2D eigenvalue weighted by Gasteiger charge is -1.98. The van der Waals surface area contributed by atoms with E-state index in [0.29, 0.717) is 6.17 Å². The lowest BCUT2D eigenvalue weighted by atomic mass is 10.4. The molecule has 0 aromatic heterocycles. The number of halogens is 4. The van der Waals surface area contributed by atoms with Crippen LogP contribution in [0.2, 0.25) is 0 Å². The van der Waals surface area contributed by atoms with Crippen LogP contribution in [0.15, 0.2) is 0 Å². The molecule has 0 aliphatic rings. The van der Waals surface area contributed by atoms with Crippen LogP contribution < -0.4 is 0 Å². The van der Waals surface area contributed by atoms with E-state index in [1.165, 1.54) is 0 Å². The molecule has 0 N–H and O–H groups in total. The molecule has 0 spiro atoms. The maximum atomic E-state index is 11.4. The van der Waals surface area contributed by atoms with Crippen LogP contribution >= 0.6 is 0 Å². The molecule has 0 rings (SSSR count). The van der Waals surface area contributed by atoms with Gasteiger partial charge in [-0.25, -0.2) is 4.39 Å². The van der Waals surface area contributed by atoms with Crippen molar-refractivity contribution in [3.63, 3.8) is 0 Å². The van der Waals surface area contributed by atoms with Crippen LogP contribution in [0.25, 0.3) is 0 Å². The highest BCUT2D eigenvalue weighted by Gasteiger charge is 2.25. The van der Waals surface area contributed by atoms with Crippen molar-refractivity contribution in [3.05, 3.63) is 0 Å². The van der Waals surface area contributed by atoms with E-state index in [0.717, 1.165) is 5.92 Å². The Morgan fingerprint density at radius 3 is 2.00 bits per heavy atom. The molecule has 0 bridgehead atoms. The number of hydrogen-bond donors (Lipinski definition) is 0. The molecular weight excluding hydrogens is 124 g/mol. The molecule has 0 nitrogen and oxygen atoms in total. The fourth-order valence-corrected chi connectivity index (χ4v) is 0.103. The van der Waals surface area contributed by atoms with Gasteiger partial charge in [0.05, 0.1) is 0 Å². The van der Waals surface area contributed by atoms with Gasteiger partial charge in [0.1, 0.15) is 6.17 Å². The Labute approximate surface area is 43.5 Å². The van der Waals surface area contributed by atoms with Crippen molar-refractivity contribution in [2.75, 3.05) is 6.67 Å². The van der Waals surface area contributed by atoms with Crippen LogP contribution in [0, 0.1) is 12.1 Å². The molecular formula is C4H2F4. The summed E-state index contributed by atoms with van der Waals surface area (Å²) in [6.07, 6.45) is 0.419. The van der Waals surface area contributed by atoms with E-state index in [2.05, 4.69) is 0 Å². The van der Waals surface area contributed by atoms with Gasteiger partial charge in [-0.05, 0) is 0 Å². The Kier molecular flexibility index (Phi) is 2.32. The van der Waals surface area contributed by atoms with Gasteiger partial charge in [0.2, 0.25) is 0 Å². The number of alkyl halides is 3. The van der Waals surface area contributed by atoms with Gasteiger partial charge >= 0.3 is 5.92 Å². The monoisotopic (exact) mass is 126 g/mol. The van der Waals surface area contributed by atoms with E-state index in [9.17, 15) is 17.6 Å². The van der Waals surface area contributed by atoms with Crippen molar-refractivity contribution >= 4 is 0 Å². The van der Waals surface area contributed by atoms with E-state index >= 15 is 0 Å². The SMILES string of the molecule is FC#CC(F)(F)CF. The second-order valence-electron chi connectivity index (χ2n) is 1.06. The average Bonchev–Trinajstić information content (AvgIpc) is 1.67. The van der Waals surface area contributed by atoms with Gasteiger partial charge in [-0.2, -0.15) is 8.78 Å². The van der Waals surface area contributed by atoms with Crippen LogP contribution in [0.3, 0.4) is 0 Å². The zero-order chi connectivity index (χ0) is 6.62. The summed E-state index contributed by atoms with van der Waals surface area (Å²) in [6.45, 7) is -1.94. The predicted molar refractivity (Wildman–Crippen MR) is 19.8 cm³/mol. The van der Waals surface area contributed by atoms with Crippen molar-refractivity contribution in [1.29, 1.82) is 0 Å². The second-order valence-corrected chi connectivity index (χ2v) is 1.06. The Balaban J connectivity index is 3.85. The van der Waals surface area contributed by atoms with Crippen molar-refractivity contribution < 1.29 is 17.6 Å². The highest BCUT2D eigenvalue weighted by molar-refractivity contribution is 5.04. The van der Waals surface area contributed by atoms with Gasteiger partial charge in [0, 0.05) is 5.92 Å². The Morgan fingerprint density at radius 1 is 1.38 bits per heavy atom. The summed E-state index contributed by atoms with van der Waals surface area (Å²) in [5, 5.41) is 0. The maximum Gasteiger partial charge on any atom is 0.338 e. The zero-order valence-corrected chi connectivity index (χ0v) is 3.72. The minimum absolute atomic E-state index is 0.419. The van der Waals surface area contributed by atoms with Gasteiger partial charge in [0.25, 0.3) is 0 Å². The summed E-state index contributed by atoms with van der Waals surface area (Å²) in [7, 11) is 0. The van der Waals surface area contributed by atoms with E-state index < -0.39 is 12.6 Å². The standard InChI is InChI=1S/C4H2F4/c5-2-1-4(7,8)3-6/h3H2. The quantitative estimate of drug-likeness (QED) is 0.369. The third-order valence-electron chi connectivity index (χ3n) is 0.398. The zero-order valence-electron chi connectivity index (χ0n) is 3.72. The molecule has 0 aliphatic carbocycles. The minimum atomic E-state index is -3.81. The van der Waals surface area contributed by atoms with Gasteiger partial charge in [0.15, 0.2) is 6.67 Å². The third kappa shape index (κ3) is 2.45. The Bertz CT molecular complexity index is 118. The molecule has 0 amide bonds. The normalized spacial score (nSPS) is 10.0. The molecule has 0 saturated heterocycles. The smallest absolute Gasteiger partial charge is 0.243 e. The van der Waals surface area contributed by atoms with Gasteiger partial charge in [-0.1, -0.05) is 0 Å². The molecule has 0 saturated carbocycles. The molecule has 0 unspecified atom stereocenters. The van der Waals surface area contributed by atoms with Crippen molar-refractivity contribution in [2.45, 2.75) is 5.92 Å². The van der Waals surface area contributed by atoms with Crippen LogP contribution in [0.1, 0.15) is 0 Å². The van der Waals surface area contributed by atoms with Crippen molar-refractivity contribution in [2.24, 2.45) is 0 Å². The first-order valence-corrected chi connectivity index (χ1v) is 1.69.